The molecule has 0 radical (unpaired) electrons. The molecule has 1 heterocycles. The average Bonchev–Trinajstić information content (AvgIpc) is 2.87. The Morgan fingerprint density at radius 3 is 2.59 bits per heavy atom. The molecular weight excluding hydrogens is 314 g/mol. The van der Waals surface area contributed by atoms with Gasteiger partial charge in [-0.25, -0.2) is 21.9 Å². The highest BCUT2D eigenvalue weighted by atomic mass is 32.2. The van der Waals surface area contributed by atoms with Crippen molar-refractivity contribution in [3.05, 3.63) is 53.9 Å². The van der Waals surface area contributed by atoms with Gasteiger partial charge in [-0.2, -0.15) is 0 Å². The van der Waals surface area contributed by atoms with E-state index in [0.717, 1.165) is 12.1 Å². The number of hydrogen-bond donors (Lipinski definition) is 2. The van der Waals surface area contributed by atoms with Crippen LogP contribution in [0.4, 0.5) is 8.78 Å². The van der Waals surface area contributed by atoms with Gasteiger partial charge in [0.05, 0.1) is 11.0 Å². The number of nitrogens with one attached hydrogen (secondary N) is 1. The standard InChI is InChI=1S/C14H16F2N2O3S/c1-18-8-2-3-13(18)14(19)6-7-17-22(20,21)10-4-5-11(15)12(16)9-10/h2-5,8-9,14,17,19H,6-7H2,1H3/t14-/m1/s1. The first kappa shape index (κ1) is 16.6. The molecule has 5 nitrogen and oxygen atoms in total. The van der Waals surface area contributed by atoms with E-state index in [9.17, 15) is 22.3 Å². The number of sulfonamides is 1. The van der Waals surface area contributed by atoms with Crippen LogP contribution in [0.5, 0.6) is 0 Å². The van der Waals surface area contributed by atoms with Crippen LogP contribution in [-0.2, 0) is 17.1 Å². The molecule has 0 fully saturated rings. The average molecular weight is 330 g/mol. The van der Waals surface area contributed by atoms with Gasteiger partial charge in [-0.05, 0) is 36.8 Å². The van der Waals surface area contributed by atoms with Crippen LogP contribution >= 0.6 is 0 Å². The second-order valence-corrected chi connectivity index (χ2v) is 6.59. The van der Waals surface area contributed by atoms with Gasteiger partial charge in [0.15, 0.2) is 11.6 Å². The summed E-state index contributed by atoms with van der Waals surface area (Å²) in [5.74, 6) is -2.34. The summed E-state index contributed by atoms with van der Waals surface area (Å²) in [6, 6.07) is 5.85. The van der Waals surface area contributed by atoms with E-state index in [1.54, 1.807) is 29.9 Å². The molecule has 2 aromatic rings. The Kier molecular flexibility index (Phi) is 4.94. The minimum atomic E-state index is -3.95. The van der Waals surface area contributed by atoms with Crippen molar-refractivity contribution in [3.63, 3.8) is 0 Å². The first-order valence-corrected chi connectivity index (χ1v) is 8.03. The summed E-state index contributed by atoms with van der Waals surface area (Å²) in [7, 11) is -2.18. The van der Waals surface area contributed by atoms with Crippen molar-refractivity contribution in [1.82, 2.24) is 9.29 Å². The van der Waals surface area contributed by atoms with E-state index >= 15 is 0 Å². The fraction of sp³-hybridized carbons (Fsp3) is 0.286. The monoisotopic (exact) mass is 330 g/mol. The van der Waals surface area contributed by atoms with Crippen molar-refractivity contribution < 1.29 is 22.3 Å². The van der Waals surface area contributed by atoms with E-state index in [1.165, 1.54) is 0 Å². The number of nitrogens with zero attached hydrogens (tertiary/aromatic N) is 1. The highest BCUT2D eigenvalue weighted by molar-refractivity contribution is 7.89. The quantitative estimate of drug-likeness (QED) is 0.847. The zero-order chi connectivity index (χ0) is 16.3. The second-order valence-electron chi connectivity index (χ2n) is 4.82. The molecule has 120 valence electrons. The fourth-order valence-corrected chi connectivity index (χ4v) is 3.08. The van der Waals surface area contributed by atoms with Gasteiger partial charge in [0.25, 0.3) is 0 Å². The molecule has 0 aliphatic heterocycles. The third kappa shape index (κ3) is 3.70. The summed E-state index contributed by atoms with van der Waals surface area (Å²) in [5, 5.41) is 9.97. The molecule has 1 aromatic carbocycles. The maximum absolute atomic E-state index is 13.1. The second kappa shape index (κ2) is 6.55. The summed E-state index contributed by atoms with van der Waals surface area (Å²) in [6.07, 6.45) is 1.10. The number of halogens is 2. The van der Waals surface area contributed by atoms with Gasteiger partial charge in [-0.15, -0.1) is 0 Å². The number of rotatable bonds is 6. The van der Waals surface area contributed by atoms with Crippen molar-refractivity contribution in [2.75, 3.05) is 6.54 Å². The van der Waals surface area contributed by atoms with Crippen LogP contribution < -0.4 is 4.72 Å². The number of hydrogen-bond acceptors (Lipinski definition) is 3. The minimum absolute atomic E-state index is 0.0341. The van der Waals surface area contributed by atoms with Gasteiger partial charge in [0.2, 0.25) is 10.0 Å². The molecule has 2 rings (SSSR count). The molecule has 0 amide bonds. The van der Waals surface area contributed by atoms with E-state index in [-0.39, 0.29) is 17.9 Å². The zero-order valence-electron chi connectivity index (χ0n) is 11.8. The predicted octanol–water partition coefficient (Wildman–Crippen LogP) is 1.71. The molecule has 8 heteroatoms. The summed E-state index contributed by atoms with van der Waals surface area (Å²) < 4.78 is 53.8. The van der Waals surface area contributed by atoms with Crippen LogP contribution in [-0.4, -0.2) is 24.6 Å². The first-order valence-electron chi connectivity index (χ1n) is 6.55. The molecular formula is C14H16F2N2O3S. The highest BCUT2D eigenvalue weighted by Crippen LogP contribution is 2.17. The topological polar surface area (TPSA) is 71.3 Å². The van der Waals surface area contributed by atoms with Crippen molar-refractivity contribution in [2.24, 2.45) is 7.05 Å². The Labute approximate surface area is 127 Å². The lowest BCUT2D eigenvalue weighted by Gasteiger charge is -2.13. The Balaban J connectivity index is 1.98. The van der Waals surface area contributed by atoms with E-state index in [0.29, 0.717) is 11.8 Å². The lowest BCUT2D eigenvalue weighted by Crippen LogP contribution is -2.26. The summed E-state index contributed by atoms with van der Waals surface area (Å²) in [5.41, 5.74) is 0.659. The number of aryl methyl sites for hydroxylation is 1. The molecule has 0 saturated heterocycles. The van der Waals surface area contributed by atoms with Crippen molar-refractivity contribution in [2.45, 2.75) is 17.4 Å². The molecule has 0 bridgehead atoms. The van der Waals surface area contributed by atoms with Crippen molar-refractivity contribution in [3.8, 4) is 0 Å². The van der Waals surface area contributed by atoms with E-state index in [4.69, 9.17) is 0 Å². The van der Waals surface area contributed by atoms with Gasteiger partial charge >= 0.3 is 0 Å². The Hall–Kier alpha value is -1.77. The molecule has 22 heavy (non-hydrogen) atoms. The molecule has 1 atom stereocenters. The summed E-state index contributed by atoms with van der Waals surface area (Å²) in [6.45, 7) is -0.0341. The van der Waals surface area contributed by atoms with Gasteiger partial charge < -0.3 is 9.67 Å². The SMILES string of the molecule is Cn1cccc1[C@H](O)CCNS(=O)(=O)c1ccc(F)c(F)c1. The smallest absolute Gasteiger partial charge is 0.240 e. The number of aliphatic hydroxyl groups excluding tert-OH is 1. The maximum Gasteiger partial charge on any atom is 0.240 e. The Morgan fingerprint density at radius 1 is 1.27 bits per heavy atom. The molecule has 0 aliphatic rings. The molecule has 2 N–H and O–H groups in total. The van der Waals surface area contributed by atoms with Gasteiger partial charge in [-0.1, -0.05) is 0 Å². The van der Waals surface area contributed by atoms with Gasteiger partial charge in [-0.3, -0.25) is 0 Å². The van der Waals surface area contributed by atoms with Crippen LogP contribution in [0.25, 0.3) is 0 Å². The lowest BCUT2D eigenvalue weighted by molar-refractivity contribution is 0.161. The molecule has 0 saturated carbocycles. The Bertz CT molecular complexity index is 759. The molecule has 0 spiro atoms. The first-order chi connectivity index (χ1) is 10.3. The van der Waals surface area contributed by atoms with Gasteiger partial charge in [0.1, 0.15) is 0 Å². The van der Waals surface area contributed by atoms with E-state index in [2.05, 4.69) is 4.72 Å². The van der Waals surface area contributed by atoms with Crippen LogP contribution in [0.15, 0.2) is 41.4 Å². The summed E-state index contributed by atoms with van der Waals surface area (Å²) in [4.78, 5) is -0.361. The fourth-order valence-electron chi connectivity index (χ4n) is 2.03. The van der Waals surface area contributed by atoms with Crippen LogP contribution in [0, 0.1) is 11.6 Å². The van der Waals surface area contributed by atoms with Gasteiger partial charge in [0, 0.05) is 25.5 Å². The van der Waals surface area contributed by atoms with E-state index < -0.39 is 27.8 Å². The molecule has 1 aromatic heterocycles. The van der Waals surface area contributed by atoms with Crippen LogP contribution in [0.1, 0.15) is 18.2 Å². The highest BCUT2D eigenvalue weighted by Gasteiger charge is 2.17. The molecule has 0 aliphatic carbocycles. The Morgan fingerprint density at radius 2 is 2.00 bits per heavy atom. The normalized spacial score (nSPS) is 13.3. The number of benzene rings is 1. The lowest BCUT2D eigenvalue weighted by atomic mass is 10.2. The maximum atomic E-state index is 13.1. The third-order valence-corrected chi connectivity index (χ3v) is 4.70. The van der Waals surface area contributed by atoms with Crippen molar-refractivity contribution >= 4 is 10.0 Å². The minimum Gasteiger partial charge on any atom is -0.387 e. The zero-order valence-corrected chi connectivity index (χ0v) is 12.6. The third-order valence-electron chi connectivity index (χ3n) is 3.24. The molecule has 0 unspecified atom stereocenters. The van der Waals surface area contributed by atoms with Crippen LogP contribution in [0.2, 0.25) is 0 Å². The number of aromatic nitrogens is 1. The predicted molar refractivity (Wildman–Crippen MR) is 76.5 cm³/mol. The largest absolute Gasteiger partial charge is 0.387 e. The van der Waals surface area contributed by atoms with Crippen LogP contribution in [0.3, 0.4) is 0 Å². The van der Waals surface area contributed by atoms with Crippen molar-refractivity contribution in [1.29, 1.82) is 0 Å². The number of aliphatic hydroxyl groups is 1. The van der Waals surface area contributed by atoms with E-state index in [1.807, 2.05) is 0 Å². The summed E-state index contributed by atoms with van der Waals surface area (Å²) >= 11 is 0.